The SMILES string of the molecule is CC(NC(=O)[C@H]1C2C=CC(C2)[C@H]1C(=O)O)C(=O)O. The first-order valence-corrected chi connectivity index (χ1v) is 5.86. The first-order valence-electron chi connectivity index (χ1n) is 5.86. The number of amides is 1. The Hall–Kier alpha value is -1.85. The second-order valence-corrected chi connectivity index (χ2v) is 4.91. The molecule has 1 amide bonds. The number of aliphatic carboxylic acids is 2. The molecule has 0 aliphatic heterocycles. The van der Waals surface area contributed by atoms with Crippen LogP contribution in [0.25, 0.3) is 0 Å². The third-order valence-corrected chi connectivity index (χ3v) is 3.78. The third kappa shape index (κ3) is 1.98. The summed E-state index contributed by atoms with van der Waals surface area (Å²) in [5.41, 5.74) is 0. The van der Waals surface area contributed by atoms with E-state index in [0.717, 1.165) is 0 Å². The zero-order valence-electron chi connectivity index (χ0n) is 9.87. The van der Waals surface area contributed by atoms with Crippen LogP contribution in [0.2, 0.25) is 0 Å². The molecule has 0 aromatic carbocycles. The highest BCUT2D eigenvalue weighted by Crippen LogP contribution is 2.48. The topological polar surface area (TPSA) is 104 Å². The molecule has 18 heavy (non-hydrogen) atoms. The molecule has 0 spiro atoms. The number of carbonyl (C=O) groups excluding carboxylic acids is 1. The maximum atomic E-state index is 12.0. The molecule has 0 heterocycles. The molecule has 0 radical (unpaired) electrons. The highest BCUT2D eigenvalue weighted by atomic mass is 16.4. The number of hydrogen-bond donors (Lipinski definition) is 3. The van der Waals surface area contributed by atoms with Crippen LogP contribution in [0, 0.1) is 23.7 Å². The average molecular weight is 253 g/mol. The summed E-state index contributed by atoms with van der Waals surface area (Å²) >= 11 is 0. The highest BCUT2D eigenvalue weighted by Gasteiger charge is 2.51. The number of fused-ring (bicyclic) bond motifs is 2. The van der Waals surface area contributed by atoms with Gasteiger partial charge in [0.2, 0.25) is 5.91 Å². The normalized spacial score (nSPS) is 34.3. The Labute approximate surface area is 104 Å². The van der Waals surface area contributed by atoms with Crippen LogP contribution in [-0.2, 0) is 14.4 Å². The fourth-order valence-electron chi connectivity index (χ4n) is 2.89. The van der Waals surface area contributed by atoms with E-state index in [1.807, 2.05) is 12.2 Å². The second kappa shape index (κ2) is 4.44. The minimum absolute atomic E-state index is 0.0860. The molecule has 2 aliphatic carbocycles. The first-order chi connectivity index (χ1) is 8.41. The van der Waals surface area contributed by atoms with Crippen LogP contribution < -0.4 is 5.32 Å². The zero-order valence-corrected chi connectivity index (χ0v) is 9.87. The van der Waals surface area contributed by atoms with Crippen molar-refractivity contribution in [1.82, 2.24) is 5.32 Å². The summed E-state index contributed by atoms with van der Waals surface area (Å²) in [5, 5.41) is 20.3. The molecule has 1 fully saturated rings. The Morgan fingerprint density at radius 2 is 1.72 bits per heavy atom. The van der Waals surface area contributed by atoms with Gasteiger partial charge in [-0.15, -0.1) is 0 Å². The molecule has 5 atom stereocenters. The van der Waals surface area contributed by atoms with Crippen molar-refractivity contribution in [3.05, 3.63) is 12.2 Å². The largest absolute Gasteiger partial charge is 0.481 e. The molecule has 3 N–H and O–H groups in total. The van der Waals surface area contributed by atoms with Crippen LogP contribution in [-0.4, -0.2) is 34.1 Å². The molecule has 98 valence electrons. The summed E-state index contributed by atoms with van der Waals surface area (Å²) in [7, 11) is 0. The lowest BCUT2D eigenvalue weighted by molar-refractivity contribution is -0.148. The van der Waals surface area contributed by atoms with Gasteiger partial charge in [-0.1, -0.05) is 12.2 Å². The van der Waals surface area contributed by atoms with E-state index in [0.29, 0.717) is 6.42 Å². The molecule has 0 aromatic heterocycles. The van der Waals surface area contributed by atoms with Gasteiger partial charge in [-0.05, 0) is 25.2 Å². The molecule has 2 bridgehead atoms. The summed E-state index contributed by atoms with van der Waals surface area (Å²) in [6.07, 6.45) is 4.37. The van der Waals surface area contributed by atoms with E-state index in [4.69, 9.17) is 10.2 Å². The summed E-state index contributed by atoms with van der Waals surface area (Å²) in [6, 6.07) is -1.00. The molecular formula is C12H15NO5. The quantitative estimate of drug-likeness (QED) is 0.616. The fraction of sp³-hybridized carbons (Fsp3) is 0.583. The fourth-order valence-corrected chi connectivity index (χ4v) is 2.89. The van der Waals surface area contributed by atoms with Gasteiger partial charge in [0.15, 0.2) is 0 Å². The van der Waals surface area contributed by atoms with Crippen molar-refractivity contribution >= 4 is 17.8 Å². The van der Waals surface area contributed by atoms with Gasteiger partial charge >= 0.3 is 11.9 Å². The van der Waals surface area contributed by atoms with Crippen molar-refractivity contribution in [3.63, 3.8) is 0 Å². The van der Waals surface area contributed by atoms with E-state index in [2.05, 4.69) is 5.32 Å². The van der Waals surface area contributed by atoms with Gasteiger partial charge in [-0.2, -0.15) is 0 Å². The van der Waals surface area contributed by atoms with Crippen molar-refractivity contribution in [3.8, 4) is 0 Å². The van der Waals surface area contributed by atoms with Crippen LogP contribution in [0.15, 0.2) is 12.2 Å². The number of hydrogen-bond acceptors (Lipinski definition) is 3. The van der Waals surface area contributed by atoms with Crippen molar-refractivity contribution < 1.29 is 24.6 Å². The number of nitrogens with one attached hydrogen (secondary N) is 1. The van der Waals surface area contributed by atoms with E-state index >= 15 is 0 Å². The molecule has 1 saturated carbocycles. The first kappa shape index (κ1) is 12.6. The standard InChI is InChI=1S/C12H15NO5/c1-5(11(15)16)13-10(14)8-6-2-3-7(4-6)9(8)12(17)18/h2-3,5-9H,4H2,1H3,(H,13,14)(H,15,16)(H,17,18)/t5?,6?,7?,8-,9+/m0/s1. The van der Waals surface area contributed by atoms with Gasteiger partial charge in [0.25, 0.3) is 0 Å². The number of rotatable bonds is 4. The van der Waals surface area contributed by atoms with E-state index in [-0.39, 0.29) is 11.8 Å². The van der Waals surface area contributed by atoms with Crippen LogP contribution in [0.4, 0.5) is 0 Å². The Morgan fingerprint density at radius 3 is 2.22 bits per heavy atom. The molecule has 6 heteroatoms. The molecule has 2 aliphatic rings. The van der Waals surface area contributed by atoms with Gasteiger partial charge in [-0.25, -0.2) is 0 Å². The summed E-state index contributed by atoms with van der Waals surface area (Å²) < 4.78 is 0. The Balaban J connectivity index is 2.12. The van der Waals surface area contributed by atoms with Crippen molar-refractivity contribution in [2.75, 3.05) is 0 Å². The van der Waals surface area contributed by atoms with Crippen LogP contribution >= 0.6 is 0 Å². The Kier molecular flexibility index (Phi) is 3.11. The number of carboxylic acid groups (broad SMARTS) is 2. The molecule has 0 aromatic rings. The molecular weight excluding hydrogens is 238 g/mol. The van der Waals surface area contributed by atoms with Gasteiger partial charge in [-0.3, -0.25) is 14.4 Å². The van der Waals surface area contributed by atoms with Crippen LogP contribution in [0.1, 0.15) is 13.3 Å². The summed E-state index contributed by atoms with van der Waals surface area (Å²) in [5.74, 6) is -4.18. The highest BCUT2D eigenvalue weighted by molar-refractivity contribution is 5.89. The second-order valence-electron chi connectivity index (χ2n) is 4.91. The lowest BCUT2D eigenvalue weighted by atomic mass is 9.82. The number of allylic oxidation sites excluding steroid dienone is 2. The summed E-state index contributed by atoms with van der Waals surface area (Å²) in [6.45, 7) is 1.36. The van der Waals surface area contributed by atoms with Gasteiger partial charge < -0.3 is 15.5 Å². The molecule has 0 saturated heterocycles. The van der Waals surface area contributed by atoms with Gasteiger partial charge in [0, 0.05) is 0 Å². The molecule has 2 rings (SSSR count). The Morgan fingerprint density at radius 1 is 1.17 bits per heavy atom. The van der Waals surface area contributed by atoms with E-state index in [1.165, 1.54) is 6.92 Å². The Bertz CT molecular complexity index is 430. The molecule has 6 nitrogen and oxygen atoms in total. The van der Waals surface area contributed by atoms with E-state index in [9.17, 15) is 14.4 Å². The van der Waals surface area contributed by atoms with E-state index in [1.54, 1.807) is 0 Å². The van der Waals surface area contributed by atoms with Crippen LogP contribution in [0.5, 0.6) is 0 Å². The maximum Gasteiger partial charge on any atom is 0.325 e. The van der Waals surface area contributed by atoms with E-state index < -0.39 is 35.7 Å². The summed E-state index contributed by atoms with van der Waals surface area (Å²) in [4.78, 5) is 33.9. The third-order valence-electron chi connectivity index (χ3n) is 3.78. The zero-order chi connectivity index (χ0) is 13.4. The monoisotopic (exact) mass is 253 g/mol. The van der Waals surface area contributed by atoms with Gasteiger partial charge in [0.05, 0.1) is 11.8 Å². The number of carbonyl (C=O) groups is 3. The van der Waals surface area contributed by atoms with Crippen molar-refractivity contribution in [1.29, 1.82) is 0 Å². The minimum atomic E-state index is -1.13. The molecule has 3 unspecified atom stereocenters. The minimum Gasteiger partial charge on any atom is -0.481 e. The van der Waals surface area contributed by atoms with Crippen molar-refractivity contribution in [2.45, 2.75) is 19.4 Å². The average Bonchev–Trinajstić information content (AvgIpc) is 2.87. The van der Waals surface area contributed by atoms with Crippen LogP contribution in [0.3, 0.4) is 0 Å². The van der Waals surface area contributed by atoms with Gasteiger partial charge in [0.1, 0.15) is 6.04 Å². The maximum absolute atomic E-state index is 12.0. The smallest absolute Gasteiger partial charge is 0.325 e. The predicted octanol–water partition coefficient (Wildman–Crippen LogP) is 0.0986. The van der Waals surface area contributed by atoms with Crippen molar-refractivity contribution in [2.24, 2.45) is 23.7 Å². The lowest BCUT2D eigenvalue weighted by Crippen LogP contribution is -2.46. The predicted molar refractivity (Wildman–Crippen MR) is 60.6 cm³/mol. The number of carboxylic acids is 2. The lowest BCUT2D eigenvalue weighted by Gasteiger charge is -2.24.